The van der Waals surface area contributed by atoms with Gasteiger partial charge in [-0.2, -0.15) is 0 Å². The number of amides is 2. The Morgan fingerprint density at radius 2 is 2.08 bits per heavy atom. The minimum atomic E-state index is -1.84. The van der Waals surface area contributed by atoms with Crippen LogP contribution in [0.15, 0.2) is 42.2 Å². The average Bonchev–Trinajstić information content (AvgIpc) is 2.82. The second-order valence-corrected chi connectivity index (χ2v) is 5.51. The number of hydrogen-bond acceptors (Lipinski definition) is 5. The van der Waals surface area contributed by atoms with Gasteiger partial charge in [0.15, 0.2) is 6.23 Å². The van der Waals surface area contributed by atoms with Crippen molar-refractivity contribution in [2.75, 3.05) is 13.2 Å². The number of rotatable bonds is 5. The van der Waals surface area contributed by atoms with Gasteiger partial charge >= 0.3 is 5.97 Å². The molecule has 0 spiro atoms. The summed E-state index contributed by atoms with van der Waals surface area (Å²) in [4.78, 5) is 37.1. The third-order valence-electron chi connectivity index (χ3n) is 4.16. The van der Waals surface area contributed by atoms with E-state index in [1.165, 1.54) is 6.08 Å². The van der Waals surface area contributed by atoms with Crippen LogP contribution in [0.3, 0.4) is 0 Å². The molecule has 0 aromatic heterocycles. The van der Waals surface area contributed by atoms with E-state index in [-0.39, 0.29) is 24.6 Å². The zero-order valence-electron chi connectivity index (χ0n) is 12.6. The Balaban J connectivity index is 1.88. The predicted octanol–water partition coefficient (Wildman–Crippen LogP) is -0.295. The summed E-state index contributed by atoms with van der Waals surface area (Å²) in [6, 6.07) is 8.32. The maximum absolute atomic E-state index is 12.2. The van der Waals surface area contributed by atoms with Crippen molar-refractivity contribution in [1.82, 2.24) is 10.2 Å². The molecule has 1 aromatic carbocycles. The number of nitrogens with zero attached hydrogens (tertiary/aromatic N) is 1. The van der Waals surface area contributed by atoms with E-state index in [4.69, 9.17) is 9.84 Å². The number of carbonyl (C=O) groups is 3. The lowest BCUT2D eigenvalue weighted by molar-refractivity contribution is -0.170. The van der Waals surface area contributed by atoms with Crippen LogP contribution in [-0.4, -0.2) is 57.8 Å². The molecular weight excluding hydrogens is 316 g/mol. The predicted molar refractivity (Wildman–Crippen MR) is 80.6 cm³/mol. The van der Waals surface area contributed by atoms with Gasteiger partial charge in [-0.1, -0.05) is 18.2 Å². The van der Waals surface area contributed by atoms with Gasteiger partial charge in [0.25, 0.3) is 5.91 Å². The van der Waals surface area contributed by atoms with Gasteiger partial charge in [-0.15, -0.1) is 0 Å². The van der Waals surface area contributed by atoms with Crippen molar-refractivity contribution >= 4 is 17.8 Å². The summed E-state index contributed by atoms with van der Waals surface area (Å²) in [5, 5.41) is 21.4. The van der Waals surface area contributed by atoms with Gasteiger partial charge in [0.2, 0.25) is 11.4 Å². The standard InChI is InChI=1S/C16H16N2O6/c19-7-6-11-16(15(22)23,18-12(20)8-13(18)24-11)9-17-14(21)10-4-2-1-3-5-10/h1-6,13,19H,7-9H2,(H,17,21)(H,22,23)/b11-6-/t13-,16-/m1/s1. The minimum Gasteiger partial charge on any atom is -0.479 e. The topological polar surface area (TPSA) is 116 Å². The van der Waals surface area contributed by atoms with Crippen LogP contribution >= 0.6 is 0 Å². The Bertz CT molecular complexity index is 717. The Morgan fingerprint density at radius 1 is 1.38 bits per heavy atom. The van der Waals surface area contributed by atoms with Crippen LogP contribution < -0.4 is 5.32 Å². The molecule has 2 heterocycles. The summed E-state index contributed by atoms with van der Waals surface area (Å²) in [5.41, 5.74) is -1.47. The number of β-lactam (4-membered cyclic amide) rings is 1. The van der Waals surface area contributed by atoms with Crippen LogP contribution in [0.5, 0.6) is 0 Å². The summed E-state index contributed by atoms with van der Waals surface area (Å²) in [6.45, 7) is -0.796. The highest BCUT2D eigenvalue weighted by Gasteiger charge is 2.64. The number of carbonyl (C=O) groups excluding carboxylic acids is 2. The molecule has 0 saturated carbocycles. The normalized spacial score (nSPS) is 26.5. The first-order valence-corrected chi connectivity index (χ1v) is 7.37. The molecule has 2 aliphatic rings. The Hall–Kier alpha value is -2.87. The van der Waals surface area contributed by atoms with Crippen LogP contribution in [0, 0.1) is 0 Å². The molecule has 2 aliphatic heterocycles. The molecule has 0 unspecified atom stereocenters. The number of benzene rings is 1. The highest BCUT2D eigenvalue weighted by molar-refractivity contribution is 5.97. The average molecular weight is 332 g/mol. The van der Waals surface area contributed by atoms with Crippen LogP contribution in [0.2, 0.25) is 0 Å². The summed E-state index contributed by atoms with van der Waals surface area (Å²) in [5.74, 6) is -2.21. The number of carboxylic acids is 1. The molecular formula is C16H16N2O6. The number of aliphatic hydroxyl groups excluding tert-OH is 1. The van der Waals surface area contributed by atoms with E-state index in [1.54, 1.807) is 30.3 Å². The van der Waals surface area contributed by atoms with Crippen molar-refractivity contribution in [1.29, 1.82) is 0 Å². The monoisotopic (exact) mass is 332 g/mol. The van der Waals surface area contributed by atoms with Crippen molar-refractivity contribution in [2.45, 2.75) is 18.2 Å². The van der Waals surface area contributed by atoms with Gasteiger partial charge in [-0.3, -0.25) is 14.5 Å². The lowest BCUT2D eigenvalue weighted by atomic mass is 9.91. The molecule has 3 N–H and O–H groups in total. The lowest BCUT2D eigenvalue weighted by Crippen LogP contribution is -2.66. The van der Waals surface area contributed by atoms with Crippen molar-refractivity contribution < 1.29 is 29.3 Å². The first-order valence-electron chi connectivity index (χ1n) is 7.37. The molecule has 3 rings (SSSR count). The number of aliphatic hydroxyl groups is 1. The van der Waals surface area contributed by atoms with E-state index in [0.717, 1.165) is 4.90 Å². The van der Waals surface area contributed by atoms with E-state index in [1.807, 2.05) is 0 Å². The molecule has 126 valence electrons. The first kappa shape index (κ1) is 16.0. The molecule has 2 fully saturated rings. The number of aliphatic carboxylic acids is 1. The summed E-state index contributed by atoms with van der Waals surface area (Å²) in [7, 11) is 0. The van der Waals surface area contributed by atoms with Gasteiger partial charge in [-0.25, -0.2) is 4.79 Å². The molecule has 1 aromatic rings. The van der Waals surface area contributed by atoms with Crippen molar-refractivity contribution in [3.63, 3.8) is 0 Å². The Kier molecular flexibility index (Phi) is 3.98. The van der Waals surface area contributed by atoms with Crippen LogP contribution in [-0.2, 0) is 14.3 Å². The van der Waals surface area contributed by atoms with Crippen LogP contribution in [0.25, 0.3) is 0 Å². The molecule has 8 nitrogen and oxygen atoms in total. The molecule has 0 aliphatic carbocycles. The van der Waals surface area contributed by atoms with Gasteiger partial charge in [0, 0.05) is 5.56 Å². The Labute approximate surface area is 137 Å². The fraction of sp³-hybridized carbons (Fsp3) is 0.312. The highest BCUT2D eigenvalue weighted by Crippen LogP contribution is 2.43. The van der Waals surface area contributed by atoms with E-state index < -0.39 is 30.3 Å². The zero-order valence-corrected chi connectivity index (χ0v) is 12.6. The largest absolute Gasteiger partial charge is 0.479 e. The lowest BCUT2D eigenvalue weighted by Gasteiger charge is -2.40. The fourth-order valence-corrected chi connectivity index (χ4v) is 2.96. The molecule has 24 heavy (non-hydrogen) atoms. The molecule has 2 atom stereocenters. The number of hydrogen-bond donors (Lipinski definition) is 3. The molecule has 0 bridgehead atoms. The van der Waals surface area contributed by atoms with E-state index in [2.05, 4.69) is 5.32 Å². The van der Waals surface area contributed by atoms with Crippen molar-refractivity contribution in [3.05, 3.63) is 47.7 Å². The van der Waals surface area contributed by atoms with Gasteiger partial charge in [0.1, 0.15) is 5.76 Å². The first-order chi connectivity index (χ1) is 11.5. The zero-order chi connectivity index (χ0) is 17.3. The maximum Gasteiger partial charge on any atom is 0.339 e. The number of ether oxygens (including phenoxy) is 1. The molecule has 2 saturated heterocycles. The molecule has 8 heteroatoms. The highest BCUT2D eigenvalue weighted by atomic mass is 16.5. The van der Waals surface area contributed by atoms with Gasteiger partial charge in [0.05, 0.1) is 19.6 Å². The quantitative estimate of drug-likeness (QED) is 0.638. The SMILES string of the molecule is O=C(NC[C@]1(C(=O)O)/C(=C/CO)O[C@@H]2CC(=O)N21)c1ccccc1. The summed E-state index contributed by atoms with van der Waals surface area (Å²) in [6.07, 6.45) is 0.596. The van der Waals surface area contributed by atoms with Crippen LogP contribution in [0.4, 0.5) is 0 Å². The van der Waals surface area contributed by atoms with Gasteiger partial charge < -0.3 is 20.3 Å². The second-order valence-electron chi connectivity index (χ2n) is 5.51. The second kappa shape index (κ2) is 5.97. The van der Waals surface area contributed by atoms with Crippen molar-refractivity contribution in [2.24, 2.45) is 0 Å². The summed E-state index contributed by atoms with van der Waals surface area (Å²) >= 11 is 0. The fourth-order valence-electron chi connectivity index (χ4n) is 2.96. The minimum absolute atomic E-state index is 0.0401. The van der Waals surface area contributed by atoms with E-state index in [9.17, 15) is 19.5 Å². The molecule has 2 amide bonds. The number of nitrogens with one attached hydrogen (secondary N) is 1. The number of carboxylic acid groups (broad SMARTS) is 1. The third-order valence-corrected chi connectivity index (χ3v) is 4.16. The maximum atomic E-state index is 12.2. The van der Waals surface area contributed by atoms with E-state index in [0.29, 0.717) is 5.56 Å². The van der Waals surface area contributed by atoms with Crippen LogP contribution in [0.1, 0.15) is 16.8 Å². The third kappa shape index (κ3) is 2.31. The van der Waals surface area contributed by atoms with E-state index >= 15 is 0 Å². The number of fused-ring (bicyclic) bond motifs is 1. The van der Waals surface area contributed by atoms with Gasteiger partial charge in [-0.05, 0) is 18.2 Å². The Morgan fingerprint density at radius 3 is 2.67 bits per heavy atom. The molecule has 0 radical (unpaired) electrons. The summed E-state index contributed by atoms with van der Waals surface area (Å²) < 4.78 is 5.46. The van der Waals surface area contributed by atoms with Crippen molar-refractivity contribution in [3.8, 4) is 0 Å². The smallest absolute Gasteiger partial charge is 0.339 e.